The lowest BCUT2D eigenvalue weighted by Crippen LogP contribution is -2.37. The summed E-state index contributed by atoms with van der Waals surface area (Å²) >= 11 is 0. The molecule has 0 saturated heterocycles. The van der Waals surface area contributed by atoms with Crippen molar-refractivity contribution < 1.29 is 28.5 Å². The van der Waals surface area contributed by atoms with Crippen molar-refractivity contribution in [3.63, 3.8) is 0 Å². The van der Waals surface area contributed by atoms with Gasteiger partial charge in [0.1, 0.15) is 17.2 Å². The molecule has 0 amide bonds. The topological polar surface area (TPSA) is 107 Å². The molecule has 25 heavy (non-hydrogen) atoms. The van der Waals surface area contributed by atoms with Gasteiger partial charge in [-0.3, -0.25) is 0 Å². The highest BCUT2D eigenvalue weighted by Crippen LogP contribution is 2.37. The van der Waals surface area contributed by atoms with Gasteiger partial charge in [-0.1, -0.05) is 19.3 Å². The molecular weight excluding hydrogens is 328 g/mol. The maximum Gasteiger partial charge on any atom is 0.344 e. The second-order valence-electron chi connectivity index (χ2n) is 5.72. The first-order valence-corrected chi connectivity index (χ1v) is 8.26. The molecule has 2 aliphatic rings. The fourth-order valence-electron chi connectivity index (χ4n) is 3.02. The Kier molecular flexibility index (Phi) is 6.15. The van der Waals surface area contributed by atoms with Crippen LogP contribution in [0.25, 0.3) is 0 Å². The monoisotopic (exact) mass is 350 g/mol. The fourth-order valence-corrected chi connectivity index (χ4v) is 3.02. The Balaban J connectivity index is 2.58. The molecule has 0 aromatic rings. The number of esters is 2. The van der Waals surface area contributed by atoms with E-state index in [0.717, 1.165) is 39.2 Å². The van der Waals surface area contributed by atoms with Crippen molar-refractivity contribution >= 4 is 17.8 Å². The lowest BCUT2D eigenvalue weighted by atomic mass is 9.96. The van der Waals surface area contributed by atoms with Gasteiger partial charge in [-0.2, -0.15) is 5.26 Å². The number of rotatable bonds is 5. The van der Waals surface area contributed by atoms with E-state index >= 15 is 0 Å². The van der Waals surface area contributed by atoms with Gasteiger partial charge in [-0.05, 0) is 19.8 Å². The SMILES string of the molecule is CCOC1(C#N)OC(=NC2CCCCC2)C(C(=O)OC)=C1C(=O)OC. The van der Waals surface area contributed by atoms with Crippen LogP contribution in [0.15, 0.2) is 16.1 Å². The van der Waals surface area contributed by atoms with Gasteiger partial charge in [0, 0.05) is 6.61 Å². The zero-order chi connectivity index (χ0) is 18.4. The lowest BCUT2D eigenvalue weighted by molar-refractivity contribution is -0.149. The molecule has 8 heteroatoms. The molecule has 0 aromatic carbocycles. The Morgan fingerprint density at radius 3 is 2.40 bits per heavy atom. The summed E-state index contributed by atoms with van der Waals surface area (Å²) < 4.78 is 20.5. The Morgan fingerprint density at radius 2 is 1.88 bits per heavy atom. The number of ether oxygens (including phenoxy) is 4. The summed E-state index contributed by atoms with van der Waals surface area (Å²) in [4.78, 5) is 29.0. The highest BCUT2D eigenvalue weighted by molar-refractivity contribution is 6.23. The molecule has 1 aliphatic heterocycles. The minimum atomic E-state index is -2.07. The Bertz CT molecular complexity index is 642. The maximum atomic E-state index is 12.3. The van der Waals surface area contributed by atoms with Crippen LogP contribution in [0.4, 0.5) is 0 Å². The second kappa shape index (κ2) is 8.12. The molecule has 136 valence electrons. The van der Waals surface area contributed by atoms with Crippen molar-refractivity contribution in [2.24, 2.45) is 4.99 Å². The van der Waals surface area contributed by atoms with Gasteiger partial charge in [0.05, 0.1) is 20.3 Å². The number of carbonyl (C=O) groups is 2. The first kappa shape index (κ1) is 18.9. The smallest absolute Gasteiger partial charge is 0.344 e. The van der Waals surface area contributed by atoms with Crippen molar-refractivity contribution in [3.05, 3.63) is 11.1 Å². The summed E-state index contributed by atoms with van der Waals surface area (Å²) in [6.45, 7) is 1.73. The van der Waals surface area contributed by atoms with Gasteiger partial charge in [0.15, 0.2) is 0 Å². The van der Waals surface area contributed by atoms with Crippen LogP contribution in [0, 0.1) is 11.3 Å². The Hall–Kier alpha value is -2.40. The molecule has 0 spiro atoms. The molecule has 1 atom stereocenters. The van der Waals surface area contributed by atoms with Crippen molar-refractivity contribution in [2.45, 2.75) is 50.9 Å². The second-order valence-corrected chi connectivity index (χ2v) is 5.72. The van der Waals surface area contributed by atoms with E-state index in [1.165, 1.54) is 7.11 Å². The Labute approximate surface area is 146 Å². The number of hydrogen-bond acceptors (Lipinski definition) is 8. The normalized spacial score (nSPS) is 25.4. The van der Waals surface area contributed by atoms with Crippen LogP contribution in [0.1, 0.15) is 39.0 Å². The van der Waals surface area contributed by atoms with Crippen LogP contribution in [-0.2, 0) is 28.5 Å². The molecule has 1 saturated carbocycles. The summed E-state index contributed by atoms with van der Waals surface area (Å²) in [6, 6.07) is 1.78. The molecule has 1 unspecified atom stereocenters. The van der Waals surface area contributed by atoms with E-state index < -0.39 is 17.7 Å². The fraction of sp³-hybridized carbons (Fsp3) is 0.647. The standard InChI is InChI=1S/C17H22N2O6/c1-4-24-17(10-18)13(16(21)23-3)12(15(20)22-2)14(25-17)19-11-8-6-5-7-9-11/h11H,4-9H2,1-3H3. The van der Waals surface area contributed by atoms with Gasteiger partial charge >= 0.3 is 17.7 Å². The molecule has 2 rings (SSSR count). The van der Waals surface area contributed by atoms with Crippen LogP contribution in [-0.4, -0.2) is 50.5 Å². The van der Waals surface area contributed by atoms with Crippen molar-refractivity contribution in [3.8, 4) is 6.07 Å². The van der Waals surface area contributed by atoms with Gasteiger partial charge in [0.2, 0.25) is 5.90 Å². The lowest BCUT2D eigenvalue weighted by Gasteiger charge is -2.23. The van der Waals surface area contributed by atoms with Crippen LogP contribution in [0.3, 0.4) is 0 Å². The Morgan fingerprint density at radius 1 is 1.24 bits per heavy atom. The van der Waals surface area contributed by atoms with E-state index in [9.17, 15) is 14.9 Å². The third-order valence-electron chi connectivity index (χ3n) is 4.18. The predicted molar refractivity (Wildman–Crippen MR) is 86.4 cm³/mol. The van der Waals surface area contributed by atoms with Gasteiger partial charge in [-0.25, -0.2) is 14.6 Å². The quantitative estimate of drug-likeness (QED) is 0.694. The van der Waals surface area contributed by atoms with Gasteiger partial charge < -0.3 is 18.9 Å². The summed E-state index contributed by atoms with van der Waals surface area (Å²) in [7, 11) is 2.32. The zero-order valence-electron chi connectivity index (χ0n) is 14.7. The molecule has 0 bridgehead atoms. The van der Waals surface area contributed by atoms with Crippen molar-refractivity contribution in [1.82, 2.24) is 0 Å². The van der Waals surface area contributed by atoms with E-state index in [2.05, 4.69) is 4.99 Å². The first-order chi connectivity index (χ1) is 12.0. The predicted octanol–water partition coefficient (Wildman–Crippen LogP) is 1.65. The molecular formula is C17H22N2O6. The number of nitrogens with zero attached hydrogens (tertiary/aromatic N) is 2. The number of methoxy groups -OCH3 is 2. The van der Waals surface area contributed by atoms with E-state index in [0.29, 0.717) is 0 Å². The van der Waals surface area contributed by atoms with E-state index in [1.807, 2.05) is 6.07 Å². The molecule has 1 fully saturated rings. The molecule has 0 radical (unpaired) electrons. The van der Waals surface area contributed by atoms with Crippen LogP contribution in [0.5, 0.6) is 0 Å². The molecule has 0 aromatic heterocycles. The number of carbonyl (C=O) groups excluding carboxylic acids is 2. The minimum Gasteiger partial charge on any atom is -0.465 e. The van der Waals surface area contributed by atoms with Gasteiger partial charge in [-0.15, -0.1) is 0 Å². The van der Waals surface area contributed by atoms with E-state index in [1.54, 1.807) is 6.92 Å². The highest BCUT2D eigenvalue weighted by atomic mass is 16.7. The first-order valence-electron chi connectivity index (χ1n) is 8.26. The molecule has 1 aliphatic carbocycles. The maximum absolute atomic E-state index is 12.3. The van der Waals surface area contributed by atoms with Crippen LogP contribution < -0.4 is 0 Å². The molecule has 0 N–H and O–H groups in total. The third-order valence-corrected chi connectivity index (χ3v) is 4.18. The number of aliphatic imine (C=N–C) groups is 1. The summed E-state index contributed by atoms with van der Waals surface area (Å²) in [5.41, 5.74) is -0.546. The number of nitriles is 1. The van der Waals surface area contributed by atoms with E-state index in [-0.39, 0.29) is 29.7 Å². The molecule has 8 nitrogen and oxygen atoms in total. The highest BCUT2D eigenvalue weighted by Gasteiger charge is 2.55. The summed E-state index contributed by atoms with van der Waals surface area (Å²) in [6.07, 6.45) is 4.89. The van der Waals surface area contributed by atoms with Crippen molar-refractivity contribution in [1.29, 1.82) is 5.26 Å². The average Bonchev–Trinajstić information content (AvgIpc) is 2.95. The number of hydrogen-bond donors (Lipinski definition) is 0. The minimum absolute atomic E-state index is 0.0431. The molecule has 1 heterocycles. The van der Waals surface area contributed by atoms with Crippen molar-refractivity contribution in [2.75, 3.05) is 20.8 Å². The average molecular weight is 350 g/mol. The zero-order valence-corrected chi connectivity index (χ0v) is 14.7. The van der Waals surface area contributed by atoms with E-state index in [4.69, 9.17) is 18.9 Å². The van der Waals surface area contributed by atoms with Crippen LogP contribution in [0.2, 0.25) is 0 Å². The summed E-state index contributed by atoms with van der Waals surface area (Å²) in [5.74, 6) is -3.90. The van der Waals surface area contributed by atoms with Gasteiger partial charge in [0.25, 0.3) is 0 Å². The third kappa shape index (κ3) is 3.66. The summed E-state index contributed by atoms with van der Waals surface area (Å²) in [5, 5.41) is 9.61. The largest absolute Gasteiger partial charge is 0.465 e. The van der Waals surface area contributed by atoms with Crippen LogP contribution >= 0.6 is 0 Å².